The Bertz CT molecular complexity index is 931. The Labute approximate surface area is 160 Å². The summed E-state index contributed by atoms with van der Waals surface area (Å²) < 4.78 is 19.4. The number of carbonyl (C=O) groups is 1. The van der Waals surface area contributed by atoms with Gasteiger partial charge < -0.3 is 10.1 Å². The van der Waals surface area contributed by atoms with Crippen LogP contribution in [0.1, 0.15) is 13.8 Å². The van der Waals surface area contributed by atoms with E-state index in [1.165, 1.54) is 17.8 Å². The third-order valence-electron chi connectivity index (χ3n) is 3.69. The van der Waals surface area contributed by atoms with Crippen molar-refractivity contribution in [3.63, 3.8) is 0 Å². The summed E-state index contributed by atoms with van der Waals surface area (Å²) in [6.45, 7) is 4.14. The first kappa shape index (κ1) is 18.9. The topological polar surface area (TPSA) is 79.9 Å². The summed E-state index contributed by atoms with van der Waals surface area (Å²) in [7, 11) is 0. The number of H-pyrrole nitrogens is 1. The molecule has 6 nitrogen and oxygen atoms in total. The van der Waals surface area contributed by atoms with Crippen molar-refractivity contribution in [2.75, 3.05) is 11.9 Å². The number of hydrogen-bond donors (Lipinski definition) is 2. The lowest BCUT2D eigenvalue weighted by molar-refractivity contribution is -0.115. The number of nitrogens with zero attached hydrogens (tertiary/aromatic N) is 2. The molecule has 2 aromatic carbocycles. The third-order valence-corrected chi connectivity index (χ3v) is 4.65. The second kappa shape index (κ2) is 8.68. The smallest absolute Gasteiger partial charge is 0.237 e. The van der Waals surface area contributed by atoms with E-state index in [4.69, 9.17) is 4.74 Å². The molecule has 2 N–H and O–H groups in total. The lowest BCUT2D eigenvalue weighted by Gasteiger charge is -2.13. The highest BCUT2D eigenvalue weighted by Gasteiger charge is 2.19. The maximum Gasteiger partial charge on any atom is 0.237 e. The molecular formula is C19H19FN4O2S. The predicted molar refractivity (Wildman–Crippen MR) is 103 cm³/mol. The number of anilines is 1. The van der Waals surface area contributed by atoms with Gasteiger partial charge in [-0.3, -0.25) is 9.89 Å². The van der Waals surface area contributed by atoms with E-state index in [9.17, 15) is 9.18 Å². The number of nitrogens with one attached hydrogen (secondary N) is 2. The monoisotopic (exact) mass is 386 g/mol. The van der Waals surface area contributed by atoms with Gasteiger partial charge in [-0.1, -0.05) is 36.0 Å². The minimum atomic E-state index is -0.455. The molecule has 1 atom stereocenters. The maximum absolute atomic E-state index is 13.8. The number of thioether (sulfide) groups is 1. The first-order valence-corrected chi connectivity index (χ1v) is 9.33. The van der Waals surface area contributed by atoms with Crippen LogP contribution >= 0.6 is 11.8 Å². The van der Waals surface area contributed by atoms with Crippen LogP contribution in [0.5, 0.6) is 5.75 Å². The highest BCUT2D eigenvalue weighted by molar-refractivity contribution is 8.00. The van der Waals surface area contributed by atoms with Gasteiger partial charge >= 0.3 is 0 Å². The predicted octanol–water partition coefficient (Wildman–Crippen LogP) is 4.13. The number of amides is 1. The van der Waals surface area contributed by atoms with Crippen LogP contribution in [0, 0.1) is 5.82 Å². The van der Waals surface area contributed by atoms with E-state index < -0.39 is 5.25 Å². The largest absolute Gasteiger partial charge is 0.492 e. The molecule has 27 heavy (non-hydrogen) atoms. The Morgan fingerprint density at radius 3 is 2.78 bits per heavy atom. The van der Waals surface area contributed by atoms with Crippen LogP contribution in [-0.2, 0) is 4.79 Å². The number of para-hydroxylation sites is 2. The van der Waals surface area contributed by atoms with Crippen molar-refractivity contribution in [3.05, 3.63) is 54.3 Å². The SMILES string of the molecule is CCOc1ccccc1NC(=O)C(C)Sc1n[nH]c(-c2ccccc2F)n1. The summed E-state index contributed by atoms with van der Waals surface area (Å²) in [5, 5.41) is 9.54. The zero-order chi connectivity index (χ0) is 19.2. The first-order chi connectivity index (χ1) is 13.1. The molecular weight excluding hydrogens is 367 g/mol. The van der Waals surface area contributed by atoms with Crippen LogP contribution in [0.25, 0.3) is 11.4 Å². The average molecular weight is 386 g/mol. The number of ether oxygens (including phenoxy) is 1. The van der Waals surface area contributed by atoms with Gasteiger partial charge in [0.1, 0.15) is 11.6 Å². The van der Waals surface area contributed by atoms with Crippen molar-refractivity contribution in [2.45, 2.75) is 24.3 Å². The minimum absolute atomic E-state index is 0.204. The molecule has 0 aliphatic heterocycles. The number of aromatic amines is 1. The highest BCUT2D eigenvalue weighted by atomic mass is 32.2. The van der Waals surface area contributed by atoms with Crippen molar-refractivity contribution >= 4 is 23.4 Å². The molecule has 140 valence electrons. The Kier molecular flexibility index (Phi) is 6.08. The Hall–Kier alpha value is -2.87. The van der Waals surface area contributed by atoms with Crippen LogP contribution in [0.4, 0.5) is 10.1 Å². The van der Waals surface area contributed by atoms with Crippen molar-refractivity contribution in [1.29, 1.82) is 0 Å². The quantitative estimate of drug-likeness (QED) is 0.597. The number of aromatic nitrogens is 3. The summed E-state index contributed by atoms with van der Waals surface area (Å²) in [6, 6.07) is 13.6. The number of rotatable bonds is 7. The molecule has 1 unspecified atom stereocenters. The lowest BCUT2D eigenvalue weighted by atomic mass is 10.2. The molecule has 3 rings (SSSR count). The Morgan fingerprint density at radius 2 is 2.00 bits per heavy atom. The molecule has 1 aromatic heterocycles. The zero-order valence-corrected chi connectivity index (χ0v) is 15.7. The molecule has 0 spiro atoms. The van der Waals surface area contributed by atoms with E-state index in [1.54, 1.807) is 37.3 Å². The van der Waals surface area contributed by atoms with E-state index in [2.05, 4.69) is 20.5 Å². The van der Waals surface area contributed by atoms with E-state index in [0.29, 0.717) is 34.6 Å². The summed E-state index contributed by atoms with van der Waals surface area (Å²) in [5.74, 6) is 0.350. The van der Waals surface area contributed by atoms with Crippen molar-refractivity contribution in [3.8, 4) is 17.1 Å². The van der Waals surface area contributed by atoms with Crippen LogP contribution < -0.4 is 10.1 Å². The molecule has 0 aliphatic carbocycles. The fraction of sp³-hybridized carbons (Fsp3) is 0.211. The van der Waals surface area contributed by atoms with E-state index in [-0.39, 0.29) is 11.7 Å². The van der Waals surface area contributed by atoms with Gasteiger partial charge in [0, 0.05) is 0 Å². The minimum Gasteiger partial charge on any atom is -0.492 e. The van der Waals surface area contributed by atoms with Gasteiger partial charge in [-0.15, -0.1) is 5.10 Å². The van der Waals surface area contributed by atoms with Gasteiger partial charge in [0.25, 0.3) is 0 Å². The van der Waals surface area contributed by atoms with Crippen LogP contribution in [0.3, 0.4) is 0 Å². The highest BCUT2D eigenvalue weighted by Crippen LogP contribution is 2.27. The number of benzene rings is 2. The molecule has 1 heterocycles. The molecule has 8 heteroatoms. The van der Waals surface area contributed by atoms with Crippen molar-refractivity contribution < 1.29 is 13.9 Å². The average Bonchev–Trinajstić information content (AvgIpc) is 3.12. The van der Waals surface area contributed by atoms with Crippen LogP contribution in [-0.4, -0.2) is 32.9 Å². The van der Waals surface area contributed by atoms with Gasteiger partial charge in [-0.05, 0) is 38.1 Å². The second-order valence-electron chi connectivity index (χ2n) is 5.62. The fourth-order valence-corrected chi connectivity index (χ4v) is 3.09. The summed E-state index contributed by atoms with van der Waals surface area (Å²) in [5.41, 5.74) is 0.943. The Balaban J connectivity index is 1.66. The van der Waals surface area contributed by atoms with Crippen LogP contribution in [0.15, 0.2) is 53.7 Å². The van der Waals surface area contributed by atoms with E-state index in [0.717, 1.165) is 0 Å². The van der Waals surface area contributed by atoms with E-state index >= 15 is 0 Å². The molecule has 0 radical (unpaired) electrons. The van der Waals surface area contributed by atoms with Gasteiger partial charge in [-0.2, -0.15) is 0 Å². The molecule has 3 aromatic rings. The number of halogens is 1. The van der Waals surface area contributed by atoms with Gasteiger partial charge in [-0.25, -0.2) is 9.37 Å². The first-order valence-electron chi connectivity index (χ1n) is 8.45. The van der Waals surface area contributed by atoms with Gasteiger partial charge in [0.05, 0.1) is 23.1 Å². The second-order valence-corrected chi connectivity index (χ2v) is 6.93. The molecule has 0 saturated carbocycles. The summed E-state index contributed by atoms with van der Waals surface area (Å²) in [6.07, 6.45) is 0. The summed E-state index contributed by atoms with van der Waals surface area (Å²) in [4.78, 5) is 16.8. The number of hydrogen-bond acceptors (Lipinski definition) is 5. The maximum atomic E-state index is 13.8. The number of carbonyl (C=O) groups excluding carboxylic acids is 1. The van der Waals surface area contributed by atoms with Gasteiger partial charge in [0.2, 0.25) is 11.1 Å². The molecule has 0 saturated heterocycles. The van der Waals surface area contributed by atoms with Gasteiger partial charge in [0.15, 0.2) is 5.82 Å². The fourth-order valence-electron chi connectivity index (χ4n) is 2.37. The molecule has 0 bridgehead atoms. The molecule has 0 fully saturated rings. The summed E-state index contributed by atoms with van der Waals surface area (Å²) >= 11 is 1.18. The molecule has 1 amide bonds. The van der Waals surface area contributed by atoms with Crippen LogP contribution in [0.2, 0.25) is 0 Å². The zero-order valence-electron chi connectivity index (χ0n) is 14.9. The standard InChI is InChI=1S/C19H19FN4O2S/c1-3-26-16-11-7-6-10-15(16)21-18(25)12(2)27-19-22-17(23-24-19)13-8-4-5-9-14(13)20/h4-12H,3H2,1-2H3,(H,21,25)(H,22,23,24). The van der Waals surface area contributed by atoms with Crippen molar-refractivity contribution in [2.24, 2.45) is 0 Å². The Morgan fingerprint density at radius 1 is 1.26 bits per heavy atom. The molecule has 0 aliphatic rings. The van der Waals surface area contributed by atoms with E-state index in [1.807, 2.05) is 19.1 Å². The lowest BCUT2D eigenvalue weighted by Crippen LogP contribution is -2.22. The van der Waals surface area contributed by atoms with Crippen molar-refractivity contribution in [1.82, 2.24) is 15.2 Å². The normalized spacial score (nSPS) is 11.8. The third kappa shape index (κ3) is 4.65.